The van der Waals surface area contributed by atoms with E-state index in [-0.39, 0.29) is 5.91 Å². The van der Waals surface area contributed by atoms with Crippen molar-refractivity contribution in [1.82, 2.24) is 14.9 Å². The number of nitrogens with zero attached hydrogens (tertiary/aromatic N) is 3. The Morgan fingerprint density at radius 2 is 1.79 bits per heavy atom. The Morgan fingerprint density at radius 3 is 2.45 bits per heavy atom. The van der Waals surface area contributed by atoms with Gasteiger partial charge in [-0.15, -0.1) is 10.2 Å². The average molecular weight is 412 g/mol. The Morgan fingerprint density at radius 1 is 1.10 bits per heavy atom. The van der Waals surface area contributed by atoms with E-state index in [0.717, 1.165) is 22.6 Å². The van der Waals surface area contributed by atoms with Crippen LogP contribution < -0.4 is 15.9 Å². The fraction of sp³-hybridized carbons (Fsp3) is 0.286. The number of anilines is 1. The minimum atomic E-state index is -0.398. The molecule has 0 aliphatic heterocycles. The van der Waals surface area contributed by atoms with Crippen LogP contribution in [0.25, 0.3) is 11.4 Å². The lowest BCUT2D eigenvalue weighted by Crippen LogP contribution is -2.24. The van der Waals surface area contributed by atoms with Gasteiger partial charge < -0.3 is 15.9 Å². The van der Waals surface area contributed by atoms with Crippen molar-refractivity contribution in [2.45, 2.75) is 37.1 Å². The molecule has 1 amide bonds. The fourth-order valence-corrected chi connectivity index (χ4v) is 3.62. The molecule has 3 aromatic rings. The number of thioether (sulfide) groups is 1. The molecule has 29 heavy (non-hydrogen) atoms. The van der Waals surface area contributed by atoms with Gasteiger partial charge in [0.25, 0.3) is 0 Å². The van der Waals surface area contributed by atoms with Crippen molar-refractivity contribution < 1.29 is 9.53 Å². The number of rotatable bonds is 7. The van der Waals surface area contributed by atoms with E-state index in [9.17, 15) is 4.79 Å². The summed E-state index contributed by atoms with van der Waals surface area (Å²) in [6.07, 6.45) is 0. The largest absolute Gasteiger partial charge is 0.497 e. The molecule has 152 valence electrons. The van der Waals surface area contributed by atoms with Crippen LogP contribution in [0.15, 0.2) is 53.7 Å². The molecule has 1 unspecified atom stereocenters. The molecule has 2 aromatic carbocycles. The lowest BCUT2D eigenvalue weighted by molar-refractivity contribution is -0.115. The van der Waals surface area contributed by atoms with Crippen LogP contribution in [0.3, 0.4) is 0 Å². The number of benzene rings is 2. The first-order valence-corrected chi connectivity index (χ1v) is 10.2. The number of hydrogen-bond donors (Lipinski definition) is 2. The molecule has 0 radical (unpaired) electrons. The molecule has 7 nitrogen and oxygen atoms in total. The van der Waals surface area contributed by atoms with Crippen LogP contribution in [0.2, 0.25) is 0 Å². The zero-order valence-corrected chi connectivity index (χ0v) is 17.7. The van der Waals surface area contributed by atoms with Gasteiger partial charge in [-0.3, -0.25) is 4.79 Å². The topological polar surface area (TPSA) is 95.1 Å². The first kappa shape index (κ1) is 20.7. The number of aromatic nitrogens is 3. The molecule has 0 aliphatic carbocycles. The van der Waals surface area contributed by atoms with E-state index in [4.69, 9.17) is 10.6 Å². The molecule has 0 fully saturated rings. The van der Waals surface area contributed by atoms with E-state index in [1.165, 1.54) is 16.4 Å². The molecule has 0 saturated heterocycles. The molecule has 0 saturated carbocycles. The number of nitrogens with two attached hydrogens (primary N) is 1. The summed E-state index contributed by atoms with van der Waals surface area (Å²) in [4.78, 5) is 12.7. The Kier molecular flexibility index (Phi) is 6.43. The van der Waals surface area contributed by atoms with E-state index in [0.29, 0.717) is 16.9 Å². The van der Waals surface area contributed by atoms with E-state index in [1.54, 1.807) is 7.11 Å². The van der Waals surface area contributed by atoms with Crippen LogP contribution in [0, 0.1) is 0 Å². The van der Waals surface area contributed by atoms with Gasteiger partial charge in [0, 0.05) is 11.3 Å². The molecule has 0 spiro atoms. The second-order valence-electron chi connectivity index (χ2n) is 6.90. The summed E-state index contributed by atoms with van der Waals surface area (Å²) in [5, 5.41) is 11.4. The van der Waals surface area contributed by atoms with Crippen LogP contribution in [-0.4, -0.2) is 33.1 Å². The second-order valence-corrected chi connectivity index (χ2v) is 8.20. The third kappa shape index (κ3) is 4.71. The summed E-state index contributed by atoms with van der Waals surface area (Å²) >= 11 is 1.26. The zero-order valence-electron chi connectivity index (χ0n) is 16.9. The van der Waals surface area contributed by atoms with E-state index >= 15 is 0 Å². The Bertz CT molecular complexity index is 985. The molecular weight excluding hydrogens is 386 g/mol. The summed E-state index contributed by atoms with van der Waals surface area (Å²) in [7, 11) is 1.61. The minimum Gasteiger partial charge on any atom is -0.497 e. The van der Waals surface area contributed by atoms with E-state index in [2.05, 4.69) is 29.4 Å². The zero-order chi connectivity index (χ0) is 21.0. The molecule has 1 aromatic heterocycles. The predicted molar refractivity (Wildman–Crippen MR) is 117 cm³/mol. The summed E-state index contributed by atoms with van der Waals surface area (Å²) in [5.74, 6) is 7.65. The molecule has 8 heteroatoms. The Balaban J connectivity index is 1.71. The summed E-state index contributed by atoms with van der Waals surface area (Å²) in [6, 6.07) is 15.2. The number of amides is 1. The minimum absolute atomic E-state index is 0.114. The highest BCUT2D eigenvalue weighted by Gasteiger charge is 2.21. The highest BCUT2D eigenvalue weighted by molar-refractivity contribution is 8.00. The van der Waals surface area contributed by atoms with Gasteiger partial charge in [-0.1, -0.05) is 43.8 Å². The van der Waals surface area contributed by atoms with E-state index < -0.39 is 5.25 Å². The van der Waals surface area contributed by atoms with Gasteiger partial charge in [-0.05, 0) is 48.7 Å². The maximum absolute atomic E-state index is 12.7. The number of ether oxygens (including phenoxy) is 1. The van der Waals surface area contributed by atoms with Gasteiger partial charge in [0.2, 0.25) is 11.1 Å². The lowest BCUT2D eigenvalue weighted by Gasteiger charge is -2.16. The summed E-state index contributed by atoms with van der Waals surface area (Å²) < 4.78 is 6.57. The number of nitrogen functional groups attached to an aromatic ring is 1. The summed E-state index contributed by atoms with van der Waals surface area (Å²) in [5.41, 5.74) is 2.74. The van der Waals surface area contributed by atoms with Crippen molar-refractivity contribution in [3.63, 3.8) is 0 Å². The number of hydrogen-bond acceptors (Lipinski definition) is 6. The number of carbonyl (C=O) groups is 1. The molecule has 1 atom stereocenters. The van der Waals surface area contributed by atoms with Crippen LogP contribution in [-0.2, 0) is 4.79 Å². The van der Waals surface area contributed by atoms with E-state index in [1.807, 2.05) is 55.5 Å². The lowest BCUT2D eigenvalue weighted by atomic mass is 10.0. The Hall–Kier alpha value is -3.00. The Labute approximate surface area is 174 Å². The van der Waals surface area contributed by atoms with Crippen molar-refractivity contribution >= 4 is 23.4 Å². The van der Waals surface area contributed by atoms with Gasteiger partial charge in [0.1, 0.15) is 5.75 Å². The van der Waals surface area contributed by atoms with Crippen molar-refractivity contribution in [1.29, 1.82) is 0 Å². The van der Waals surface area contributed by atoms with Gasteiger partial charge in [0.15, 0.2) is 5.82 Å². The normalized spacial score (nSPS) is 12.0. The third-order valence-corrected chi connectivity index (χ3v) is 5.56. The molecule has 3 rings (SSSR count). The summed E-state index contributed by atoms with van der Waals surface area (Å²) in [6.45, 7) is 6.02. The third-order valence-electron chi connectivity index (χ3n) is 4.50. The van der Waals surface area contributed by atoms with Gasteiger partial charge >= 0.3 is 0 Å². The number of para-hydroxylation sites is 1. The van der Waals surface area contributed by atoms with Crippen molar-refractivity contribution in [3.8, 4) is 17.1 Å². The fourth-order valence-electron chi connectivity index (χ4n) is 2.85. The van der Waals surface area contributed by atoms with Gasteiger partial charge in [-0.25, -0.2) is 4.68 Å². The molecule has 0 aliphatic rings. The molecule has 1 heterocycles. The highest BCUT2D eigenvalue weighted by Crippen LogP contribution is 2.28. The average Bonchev–Trinajstić information content (AvgIpc) is 3.08. The maximum atomic E-state index is 12.7. The van der Waals surface area contributed by atoms with Crippen molar-refractivity contribution in [2.75, 3.05) is 18.3 Å². The van der Waals surface area contributed by atoms with Gasteiger partial charge in [-0.2, -0.15) is 0 Å². The first-order chi connectivity index (χ1) is 13.9. The number of methoxy groups -OCH3 is 1. The van der Waals surface area contributed by atoms with Gasteiger partial charge in [0.05, 0.1) is 12.4 Å². The quantitative estimate of drug-likeness (QED) is 0.452. The first-order valence-electron chi connectivity index (χ1n) is 9.32. The smallest absolute Gasteiger partial charge is 0.237 e. The number of carbonyl (C=O) groups excluding carboxylic acids is 1. The van der Waals surface area contributed by atoms with Crippen LogP contribution >= 0.6 is 11.8 Å². The monoisotopic (exact) mass is 411 g/mol. The van der Waals surface area contributed by atoms with Crippen LogP contribution in [0.1, 0.15) is 32.3 Å². The molecule has 0 bridgehead atoms. The second kappa shape index (κ2) is 9.00. The van der Waals surface area contributed by atoms with Crippen molar-refractivity contribution in [2.24, 2.45) is 0 Å². The van der Waals surface area contributed by atoms with Crippen LogP contribution in [0.4, 0.5) is 5.69 Å². The van der Waals surface area contributed by atoms with Crippen molar-refractivity contribution in [3.05, 3.63) is 54.1 Å². The standard InChI is InChI=1S/C21H25N5O2S/c1-13(2)17-7-5-6-8-18(17)23-20(27)14(3)29-21-25-24-19(26(21)22)15-9-11-16(28-4)12-10-15/h5-14H,22H2,1-4H3,(H,23,27). The molecular formula is C21H25N5O2S. The SMILES string of the molecule is COc1ccc(-c2nnc(SC(C)C(=O)Nc3ccccc3C(C)C)n2N)cc1. The number of nitrogens with one attached hydrogen (secondary N) is 1. The highest BCUT2D eigenvalue weighted by atomic mass is 32.2. The van der Waals surface area contributed by atoms with Crippen LogP contribution in [0.5, 0.6) is 5.75 Å². The molecule has 3 N–H and O–H groups in total. The maximum Gasteiger partial charge on any atom is 0.237 e. The predicted octanol–water partition coefficient (Wildman–Crippen LogP) is 3.91.